The van der Waals surface area contributed by atoms with Crippen molar-refractivity contribution < 1.29 is 9.21 Å². The predicted octanol–water partition coefficient (Wildman–Crippen LogP) is 4.72. The lowest BCUT2D eigenvalue weighted by Gasteiger charge is -2.19. The highest BCUT2D eigenvalue weighted by Gasteiger charge is 2.19. The number of nitrogens with zero attached hydrogens (tertiary/aromatic N) is 2. The molecule has 35 heavy (non-hydrogen) atoms. The van der Waals surface area contributed by atoms with E-state index in [1.807, 2.05) is 26.0 Å². The van der Waals surface area contributed by atoms with Gasteiger partial charge < -0.3 is 21.2 Å². The van der Waals surface area contributed by atoms with E-state index in [2.05, 4.69) is 15.3 Å². The Kier molecular flexibility index (Phi) is 6.57. The van der Waals surface area contributed by atoms with Crippen molar-refractivity contribution in [1.82, 2.24) is 4.98 Å². The SMILES string of the molecule is CN=Cc1cc(-c2cc(=O)c3cc(C)cc(C(C)Nc4ccc(Cl)nc4C(N)=O)c3o2)ccc1N. The Morgan fingerprint density at radius 3 is 2.69 bits per heavy atom. The summed E-state index contributed by atoms with van der Waals surface area (Å²) in [6.45, 7) is 3.79. The predicted molar refractivity (Wildman–Crippen MR) is 140 cm³/mol. The molecule has 0 fully saturated rings. The lowest BCUT2D eigenvalue weighted by Crippen LogP contribution is -2.18. The van der Waals surface area contributed by atoms with Crippen LogP contribution in [0.4, 0.5) is 11.4 Å². The molecule has 0 aliphatic rings. The number of carbonyl (C=O) groups is 1. The summed E-state index contributed by atoms with van der Waals surface area (Å²) in [6, 6.07) is 13.4. The monoisotopic (exact) mass is 489 g/mol. The fourth-order valence-electron chi connectivity index (χ4n) is 3.93. The third-order valence-electron chi connectivity index (χ3n) is 5.57. The van der Waals surface area contributed by atoms with E-state index in [-0.39, 0.29) is 22.3 Å². The molecule has 8 nitrogen and oxygen atoms in total. The smallest absolute Gasteiger partial charge is 0.269 e. The summed E-state index contributed by atoms with van der Waals surface area (Å²) < 4.78 is 6.29. The molecule has 2 aromatic carbocycles. The quantitative estimate of drug-likeness (QED) is 0.203. The second-order valence-corrected chi connectivity index (χ2v) is 8.58. The molecule has 5 N–H and O–H groups in total. The number of carbonyl (C=O) groups excluding carboxylic acids is 1. The number of halogens is 1. The van der Waals surface area contributed by atoms with Crippen LogP contribution < -0.4 is 22.2 Å². The Morgan fingerprint density at radius 1 is 1.20 bits per heavy atom. The Balaban J connectivity index is 1.85. The van der Waals surface area contributed by atoms with Crippen LogP contribution in [0.25, 0.3) is 22.3 Å². The molecule has 0 bridgehead atoms. The molecule has 0 saturated heterocycles. The van der Waals surface area contributed by atoms with Crippen LogP contribution in [0.5, 0.6) is 0 Å². The molecule has 0 radical (unpaired) electrons. The highest BCUT2D eigenvalue weighted by atomic mass is 35.5. The number of fused-ring (bicyclic) bond motifs is 1. The van der Waals surface area contributed by atoms with Gasteiger partial charge in [-0.2, -0.15) is 0 Å². The number of amides is 1. The average Bonchev–Trinajstić information content (AvgIpc) is 2.81. The topological polar surface area (TPSA) is 137 Å². The van der Waals surface area contributed by atoms with Crippen LogP contribution >= 0.6 is 11.6 Å². The maximum Gasteiger partial charge on any atom is 0.269 e. The van der Waals surface area contributed by atoms with Gasteiger partial charge in [-0.1, -0.05) is 17.7 Å². The Labute approximate surface area is 206 Å². The fourth-order valence-corrected chi connectivity index (χ4v) is 4.08. The minimum absolute atomic E-state index is 0.0236. The number of aryl methyl sites for hydroxylation is 1. The largest absolute Gasteiger partial charge is 0.455 e. The number of benzene rings is 2. The van der Waals surface area contributed by atoms with Crippen LogP contribution in [0.3, 0.4) is 0 Å². The first-order valence-corrected chi connectivity index (χ1v) is 11.2. The van der Waals surface area contributed by atoms with Gasteiger partial charge in [-0.05, 0) is 55.8 Å². The summed E-state index contributed by atoms with van der Waals surface area (Å²) in [7, 11) is 1.66. The molecule has 2 aromatic heterocycles. The van der Waals surface area contributed by atoms with Crippen molar-refractivity contribution >= 4 is 46.1 Å². The first-order valence-electron chi connectivity index (χ1n) is 10.8. The van der Waals surface area contributed by atoms with Gasteiger partial charge >= 0.3 is 0 Å². The van der Waals surface area contributed by atoms with Gasteiger partial charge in [-0.15, -0.1) is 0 Å². The maximum absolute atomic E-state index is 13.1. The normalized spacial score (nSPS) is 12.2. The van der Waals surface area contributed by atoms with Gasteiger partial charge in [-0.25, -0.2) is 4.98 Å². The maximum atomic E-state index is 13.1. The van der Waals surface area contributed by atoms with E-state index in [1.54, 1.807) is 43.6 Å². The highest BCUT2D eigenvalue weighted by Crippen LogP contribution is 2.32. The van der Waals surface area contributed by atoms with E-state index in [0.29, 0.717) is 33.7 Å². The molecule has 0 aliphatic carbocycles. The molecule has 0 saturated carbocycles. The summed E-state index contributed by atoms with van der Waals surface area (Å²) in [4.78, 5) is 33.0. The van der Waals surface area contributed by atoms with Crippen LogP contribution in [0.15, 0.2) is 62.7 Å². The summed E-state index contributed by atoms with van der Waals surface area (Å²) in [5, 5.41) is 3.86. The molecule has 0 spiro atoms. The summed E-state index contributed by atoms with van der Waals surface area (Å²) >= 11 is 5.93. The van der Waals surface area contributed by atoms with Gasteiger partial charge in [-0.3, -0.25) is 14.6 Å². The molecule has 4 rings (SSSR count). The lowest BCUT2D eigenvalue weighted by atomic mass is 10.00. The van der Waals surface area contributed by atoms with E-state index in [0.717, 1.165) is 16.7 Å². The van der Waals surface area contributed by atoms with Crippen molar-refractivity contribution in [1.29, 1.82) is 0 Å². The molecular weight excluding hydrogens is 466 g/mol. The van der Waals surface area contributed by atoms with Gasteiger partial charge in [0.15, 0.2) is 11.1 Å². The van der Waals surface area contributed by atoms with Gasteiger partial charge in [0, 0.05) is 41.7 Å². The zero-order valence-corrected chi connectivity index (χ0v) is 20.2. The average molecular weight is 490 g/mol. The number of aromatic nitrogens is 1. The van der Waals surface area contributed by atoms with Gasteiger partial charge in [0.1, 0.15) is 16.5 Å². The number of nitrogens with two attached hydrogens (primary N) is 2. The molecule has 1 unspecified atom stereocenters. The number of anilines is 2. The summed E-state index contributed by atoms with van der Waals surface area (Å²) in [6.07, 6.45) is 1.65. The number of aliphatic imine (C=N–C) groups is 1. The van der Waals surface area contributed by atoms with Gasteiger partial charge in [0.25, 0.3) is 5.91 Å². The van der Waals surface area contributed by atoms with Gasteiger partial charge in [0.2, 0.25) is 0 Å². The molecular formula is C26H24ClN5O3. The van der Waals surface area contributed by atoms with Crippen LogP contribution in [0, 0.1) is 6.92 Å². The second-order valence-electron chi connectivity index (χ2n) is 8.20. The zero-order valence-electron chi connectivity index (χ0n) is 19.4. The van der Waals surface area contributed by atoms with Crippen LogP contribution in [-0.4, -0.2) is 24.2 Å². The van der Waals surface area contributed by atoms with E-state index in [1.165, 1.54) is 6.07 Å². The first-order chi connectivity index (χ1) is 16.7. The minimum Gasteiger partial charge on any atom is -0.455 e. The zero-order chi connectivity index (χ0) is 25.3. The second kappa shape index (κ2) is 9.60. The van der Waals surface area contributed by atoms with Crippen molar-refractivity contribution in [3.05, 3.63) is 86.3 Å². The van der Waals surface area contributed by atoms with Crippen LogP contribution in [-0.2, 0) is 0 Å². The molecule has 0 aliphatic heterocycles. The van der Waals surface area contributed by atoms with Crippen molar-refractivity contribution in [2.24, 2.45) is 10.7 Å². The number of nitrogen functional groups attached to an aromatic ring is 1. The number of nitrogens with one attached hydrogen (secondary N) is 1. The Bertz CT molecular complexity index is 1540. The fraction of sp³-hybridized carbons (Fsp3) is 0.154. The lowest BCUT2D eigenvalue weighted by molar-refractivity contribution is 0.0996. The Morgan fingerprint density at radius 2 is 1.97 bits per heavy atom. The van der Waals surface area contributed by atoms with E-state index in [4.69, 9.17) is 27.5 Å². The molecule has 178 valence electrons. The third-order valence-corrected chi connectivity index (χ3v) is 5.78. The molecule has 1 amide bonds. The number of rotatable bonds is 6. The van der Waals surface area contributed by atoms with E-state index < -0.39 is 5.91 Å². The van der Waals surface area contributed by atoms with Crippen molar-refractivity contribution in [2.75, 3.05) is 18.1 Å². The molecule has 1 atom stereocenters. The Hall–Kier alpha value is -4.17. The molecule has 4 aromatic rings. The number of pyridine rings is 1. The number of primary amides is 1. The van der Waals surface area contributed by atoms with E-state index in [9.17, 15) is 9.59 Å². The van der Waals surface area contributed by atoms with Crippen molar-refractivity contribution in [3.63, 3.8) is 0 Å². The number of hydrogen-bond donors (Lipinski definition) is 3. The molecule has 2 heterocycles. The standard InChI is InChI=1S/C26H24ClN5O3/c1-13-8-17(14(2)31-20-6-7-23(27)32-24(20)26(29)34)25-18(9-13)21(33)11-22(35-25)15-4-5-19(28)16(10-15)12-30-3/h4-12,14,31H,28H2,1-3H3,(H2,29,34). The molecule has 9 heteroatoms. The summed E-state index contributed by atoms with van der Waals surface area (Å²) in [5.41, 5.74) is 15.8. The number of hydrogen-bond acceptors (Lipinski definition) is 7. The van der Waals surface area contributed by atoms with Crippen molar-refractivity contribution in [3.8, 4) is 11.3 Å². The highest BCUT2D eigenvalue weighted by molar-refractivity contribution is 6.29. The third kappa shape index (κ3) is 4.88. The minimum atomic E-state index is -0.708. The summed E-state index contributed by atoms with van der Waals surface area (Å²) in [5.74, 6) is -0.309. The van der Waals surface area contributed by atoms with Gasteiger partial charge in [0.05, 0.1) is 17.1 Å². The van der Waals surface area contributed by atoms with E-state index >= 15 is 0 Å². The van der Waals surface area contributed by atoms with Crippen LogP contribution in [0.2, 0.25) is 5.15 Å². The van der Waals surface area contributed by atoms with Crippen LogP contribution in [0.1, 0.15) is 40.1 Å². The first kappa shape index (κ1) is 24.0. The van der Waals surface area contributed by atoms with Crippen molar-refractivity contribution in [2.45, 2.75) is 19.9 Å².